The van der Waals surface area contributed by atoms with Crippen molar-refractivity contribution in [3.8, 4) is 0 Å². The van der Waals surface area contributed by atoms with E-state index in [1.54, 1.807) is 17.0 Å². The first kappa shape index (κ1) is 23.5. The molecule has 1 heterocycles. The fraction of sp³-hybridized carbons (Fsp3) is 0.381. The quantitative estimate of drug-likeness (QED) is 0.477. The van der Waals surface area contributed by atoms with Crippen LogP contribution < -0.4 is 0 Å². The summed E-state index contributed by atoms with van der Waals surface area (Å²) in [6, 6.07) is 10.9. The topological polar surface area (TPSA) is 49.8 Å². The second-order valence-corrected chi connectivity index (χ2v) is 10.2. The van der Waals surface area contributed by atoms with E-state index in [0.29, 0.717) is 31.5 Å². The van der Waals surface area contributed by atoms with Gasteiger partial charge in [-0.15, -0.1) is 0 Å². The van der Waals surface area contributed by atoms with Gasteiger partial charge in [0.25, 0.3) is 0 Å². The van der Waals surface area contributed by atoms with Gasteiger partial charge in [-0.1, -0.05) is 55.8 Å². The van der Waals surface area contributed by atoms with Gasteiger partial charge in [0.15, 0.2) is 0 Å². The van der Waals surface area contributed by atoms with Gasteiger partial charge >= 0.3 is 16.2 Å². The number of piperidine rings is 1. The highest BCUT2D eigenvalue weighted by molar-refractivity contribution is 8.45. The van der Waals surface area contributed by atoms with Crippen molar-refractivity contribution in [3.63, 3.8) is 0 Å². The lowest BCUT2D eigenvalue weighted by Gasteiger charge is -2.41. The molecule has 0 aliphatic carbocycles. The average molecular weight is 465 g/mol. The zero-order chi connectivity index (χ0) is 22.9. The Hall–Kier alpha value is -2.17. The molecule has 0 unspecified atom stereocenters. The number of halogens is 5. The Kier molecular flexibility index (Phi) is 5.88. The molecule has 0 spiro atoms. The highest BCUT2D eigenvalue weighted by atomic mass is 32.5. The molecule has 1 aliphatic rings. The maximum atomic E-state index is 13.3. The van der Waals surface area contributed by atoms with Crippen LogP contribution in [0.2, 0.25) is 0 Å². The van der Waals surface area contributed by atoms with Crippen LogP contribution in [0.25, 0.3) is 0 Å². The summed E-state index contributed by atoms with van der Waals surface area (Å²) >= 11 is 0. The van der Waals surface area contributed by atoms with Gasteiger partial charge in [0, 0.05) is 0 Å². The Morgan fingerprint density at radius 1 is 1.13 bits per heavy atom. The number of hydrogen-bond acceptors (Lipinski definition) is 3. The van der Waals surface area contributed by atoms with Gasteiger partial charge < -0.3 is 9.84 Å². The molecular formula is C21H24F5NO3S. The maximum Gasteiger partial charge on any atom is 0.317 e. The Bertz CT molecular complexity index is 953. The fourth-order valence-corrected chi connectivity index (χ4v) is 4.75. The predicted octanol–water partition coefficient (Wildman–Crippen LogP) is 6.46. The Labute approximate surface area is 177 Å². The van der Waals surface area contributed by atoms with E-state index in [2.05, 4.69) is 0 Å². The summed E-state index contributed by atoms with van der Waals surface area (Å²) in [7, 11) is -9.81. The van der Waals surface area contributed by atoms with Crippen molar-refractivity contribution < 1.29 is 34.1 Å². The number of likely N-dealkylation sites (tertiary alicyclic amines) is 1. The van der Waals surface area contributed by atoms with E-state index in [4.69, 9.17) is 4.74 Å². The molecule has 2 aromatic carbocycles. The van der Waals surface area contributed by atoms with Gasteiger partial charge in [0.2, 0.25) is 0 Å². The Morgan fingerprint density at radius 3 is 2.42 bits per heavy atom. The highest BCUT2D eigenvalue weighted by Gasteiger charge is 2.65. The van der Waals surface area contributed by atoms with E-state index in [1.165, 1.54) is 13.0 Å². The van der Waals surface area contributed by atoms with Crippen LogP contribution in [0.5, 0.6) is 0 Å². The monoisotopic (exact) mass is 465 g/mol. The number of benzene rings is 2. The molecule has 2 aromatic rings. The van der Waals surface area contributed by atoms with Gasteiger partial charge in [-0.2, -0.15) is 0 Å². The van der Waals surface area contributed by atoms with E-state index in [9.17, 15) is 29.3 Å². The summed E-state index contributed by atoms with van der Waals surface area (Å²) in [5.41, 5.74) is 0.871. The second kappa shape index (κ2) is 7.75. The minimum absolute atomic E-state index is 0.00887. The lowest BCUT2D eigenvalue weighted by molar-refractivity contribution is -0.141. The molecule has 2 atom stereocenters. The molecule has 172 valence electrons. The van der Waals surface area contributed by atoms with Crippen LogP contribution in [-0.2, 0) is 16.1 Å². The maximum absolute atomic E-state index is 13.3. The number of aliphatic carboxylic acids is 1. The Balaban J connectivity index is 1.86. The lowest BCUT2D eigenvalue weighted by atomic mass is 9.92. The van der Waals surface area contributed by atoms with Crippen LogP contribution in [-0.4, -0.2) is 35.2 Å². The van der Waals surface area contributed by atoms with Crippen LogP contribution >= 0.6 is 10.2 Å². The number of rotatable bonds is 7. The normalized spacial score (nSPS) is 22.5. The van der Waals surface area contributed by atoms with E-state index in [0.717, 1.165) is 5.56 Å². The molecule has 0 aromatic heterocycles. The summed E-state index contributed by atoms with van der Waals surface area (Å²) in [5.74, 6) is -0.999. The molecule has 0 radical (unpaired) electrons. The number of ether oxygens (including phenoxy) is 1. The van der Waals surface area contributed by atoms with Crippen LogP contribution in [0.15, 0.2) is 53.4 Å². The molecule has 1 saturated heterocycles. The van der Waals surface area contributed by atoms with E-state index >= 15 is 0 Å². The van der Waals surface area contributed by atoms with E-state index in [1.807, 2.05) is 18.2 Å². The smallest absolute Gasteiger partial charge is 0.317 e. The molecule has 4 nitrogen and oxygen atoms in total. The molecule has 10 heteroatoms. The zero-order valence-corrected chi connectivity index (χ0v) is 17.6. The minimum atomic E-state index is -9.81. The molecule has 31 heavy (non-hydrogen) atoms. The number of carboxylic acid groups (broad SMARTS) is 1. The van der Waals surface area contributed by atoms with Crippen molar-refractivity contribution in [2.75, 3.05) is 13.1 Å². The first-order valence-corrected chi connectivity index (χ1v) is 11.6. The molecule has 0 bridgehead atoms. The summed E-state index contributed by atoms with van der Waals surface area (Å²) < 4.78 is 72.2. The minimum Gasteiger partial charge on any atom is -0.480 e. The van der Waals surface area contributed by atoms with Crippen LogP contribution in [0, 0.1) is 6.92 Å². The number of hydrogen-bond donors (Lipinski definition) is 1. The van der Waals surface area contributed by atoms with Gasteiger partial charge in [-0.05, 0) is 55.1 Å². The zero-order valence-electron chi connectivity index (χ0n) is 16.8. The van der Waals surface area contributed by atoms with Crippen LogP contribution in [0.3, 0.4) is 0 Å². The SMILES string of the molecule is Cc1cc(CO[C@H]2CCCN(CC(=O)O)[C@H]2c2ccccc2)cc(S(F)(F)(F)(F)F)c1. The van der Waals surface area contributed by atoms with Crippen molar-refractivity contribution in [2.24, 2.45) is 0 Å². The molecular weight excluding hydrogens is 441 g/mol. The molecule has 0 amide bonds. The summed E-state index contributed by atoms with van der Waals surface area (Å²) in [6.45, 7) is 1.35. The number of carboxylic acids is 1. The van der Waals surface area contributed by atoms with Crippen LogP contribution in [0.1, 0.15) is 35.6 Å². The molecule has 1 aliphatic heterocycles. The standard InChI is InChI=1S/C21H24F5NO3S/c1-15-10-16(12-18(11-15)31(22,23,24,25)26)14-30-19-8-5-9-27(13-20(28)29)21(19)17-6-3-2-4-7-17/h2-4,6-7,10-12,19,21H,5,8-9,13-14H2,1H3,(H,28,29)/t19-,21-/m0/s1. The summed E-state index contributed by atoms with van der Waals surface area (Å²) in [4.78, 5) is 11.1. The van der Waals surface area contributed by atoms with Gasteiger partial charge in [0.1, 0.15) is 4.90 Å². The first-order valence-electron chi connectivity index (χ1n) is 9.70. The van der Waals surface area contributed by atoms with Gasteiger partial charge in [0.05, 0.1) is 25.3 Å². The third-order valence-electron chi connectivity index (χ3n) is 5.18. The molecule has 1 N–H and O–H groups in total. The van der Waals surface area contributed by atoms with E-state index in [-0.39, 0.29) is 24.3 Å². The number of aryl methyl sites for hydroxylation is 1. The van der Waals surface area contributed by atoms with Crippen molar-refractivity contribution in [3.05, 3.63) is 65.2 Å². The average Bonchev–Trinajstić information content (AvgIpc) is 2.64. The molecule has 1 fully saturated rings. The third-order valence-corrected chi connectivity index (χ3v) is 6.31. The summed E-state index contributed by atoms with van der Waals surface area (Å²) in [6.07, 6.45) is 0.710. The third kappa shape index (κ3) is 6.18. The van der Waals surface area contributed by atoms with Crippen molar-refractivity contribution in [1.82, 2.24) is 4.90 Å². The largest absolute Gasteiger partial charge is 0.480 e. The van der Waals surface area contributed by atoms with Crippen molar-refractivity contribution >= 4 is 16.2 Å². The predicted molar refractivity (Wildman–Crippen MR) is 109 cm³/mol. The van der Waals surface area contributed by atoms with E-state index < -0.39 is 33.2 Å². The molecule has 3 rings (SSSR count). The fourth-order valence-electron chi connectivity index (χ4n) is 3.96. The Morgan fingerprint density at radius 2 is 1.81 bits per heavy atom. The lowest BCUT2D eigenvalue weighted by Crippen LogP contribution is -2.45. The summed E-state index contributed by atoms with van der Waals surface area (Å²) in [5, 5.41) is 9.25. The molecule has 0 saturated carbocycles. The van der Waals surface area contributed by atoms with Gasteiger partial charge in [-0.3, -0.25) is 9.69 Å². The highest BCUT2D eigenvalue weighted by Crippen LogP contribution is 3.02. The number of carbonyl (C=O) groups is 1. The van der Waals surface area contributed by atoms with Crippen molar-refractivity contribution in [2.45, 2.75) is 43.4 Å². The van der Waals surface area contributed by atoms with Gasteiger partial charge in [-0.25, -0.2) is 0 Å². The van der Waals surface area contributed by atoms with Crippen molar-refractivity contribution in [1.29, 1.82) is 0 Å². The number of nitrogens with zero attached hydrogens (tertiary/aromatic N) is 1. The second-order valence-electron chi connectivity index (χ2n) is 7.83. The first-order chi connectivity index (χ1) is 14.2. The van der Waals surface area contributed by atoms with Crippen LogP contribution in [0.4, 0.5) is 19.4 Å².